The fourth-order valence-electron chi connectivity index (χ4n) is 1.19. The maximum atomic E-state index is 12.9. The van der Waals surface area contributed by atoms with E-state index in [1.165, 1.54) is 12.1 Å². The van der Waals surface area contributed by atoms with Crippen LogP contribution in [-0.2, 0) is 0 Å². The quantitative estimate of drug-likeness (QED) is 0.540. The highest BCUT2D eigenvalue weighted by molar-refractivity contribution is 5.54. The zero-order valence-corrected chi connectivity index (χ0v) is 8.31. The van der Waals surface area contributed by atoms with E-state index in [1.807, 2.05) is 0 Å². The zero-order chi connectivity index (χ0) is 11.4. The molecule has 0 atom stereocenters. The van der Waals surface area contributed by atoms with Crippen LogP contribution in [0.1, 0.15) is 0 Å². The van der Waals surface area contributed by atoms with Gasteiger partial charge in [0.05, 0.1) is 0 Å². The number of nitrogen functional groups attached to an aromatic ring is 1. The predicted octanol–water partition coefficient (Wildman–Crippen LogP) is 1.64. The van der Waals surface area contributed by atoms with Gasteiger partial charge in [0.25, 0.3) is 0 Å². The van der Waals surface area contributed by atoms with Gasteiger partial charge < -0.3 is 10.7 Å². The Hall–Kier alpha value is -2.21. The molecule has 0 bridgehead atoms. The van der Waals surface area contributed by atoms with Crippen molar-refractivity contribution >= 4 is 17.5 Å². The minimum Gasteiger partial charge on any atom is -0.324 e. The molecule has 0 unspecified atom stereocenters. The van der Waals surface area contributed by atoms with Gasteiger partial charge >= 0.3 is 0 Å². The van der Waals surface area contributed by atoms with Gasteiger partial charge in [0.2, 0.25) is 5.95 Å². The number of benzene rings is 1. The maximum Gasteiger partial charge on any atom is 0.229 e. The fourth-order valence-corrected chi connectivity index (χ4v) is 1.19. The van der Waals surface area contributed by atoms with Gasteiger partial charge in [-0.1, -0.05) is 6.07 Å². The molecule has 1 heterocycles. The molecule has 0 aliphatic carbocycles. The van der Waals surface area contributed by atoms with E-state index in [0.29, 0.717) is 17.5 Å². The smallest absolute Gasteiger partial charge is 0.229 e. The molecular formula is C10H10FN5. The van der Waals surface area contributed by atoms with Crippen LogP contribution in [0.5, 0.6) is 0 Å². The first-order valence-corrected chi connectivity index (χ1v) is 4.60. The highest BCUT2D eigenvalue weighted by Gasteiger charge is 1.99. The Morgan fingerprint density at radius 2 is 2.12 bits per heavy atom. The van der Waals surface area contributed by atoms with Crippen molar-refractivity contribution in [1.29, 1.82) is 0 Å². The lowest BCUT2D eigenvalue weighted by atomic mass is 10.3. The predicted molar refractivity (Wildman–Crippen MR) is 59.5 cm³/mol. The van der Waals surface area contributed by atoms with Crippen molar-refractivity contribution in [2.45, 2.75) is 0 Å². The number of nitrogens with zero attached hydrogens (tertiary/aromatic N) is 2. The van der Waals surface area contributed by atoms with Gasteiger partial charge in [0.1, 0.15) is 11.6 Å². The molecule has 0 fully saturated rings. The molecule has 2 rings (SSSR count). The summed E-state index contributed by atoms with van der Waals surface area (Å²) < 4.78 is 12.9. The van der Waals surface area contributed by atoms with E-state index >= 15 is 0 Å². The first kappa shape index (κ1) is 10.3. The van der Waals surface area contributed by atoms with Crippen LogP contribution in [0.25, 0.3) is 0 Å². The number of hydrogen-bond acceptors (Lipinski definition) is 5. The van der Waals surface area contributed by atoms with E-state index in [2.05, 4.69) is 20.7 Å². The SMILES string of the molecule is NNc1ccnc(Nc2cccc(F)c2)n1. The third-order valence-corrected chi connectivity index (χ3v) is 1.88. The molecule has 2 aromatic rings. The van der Waals surface area contributed by atoms with E-state index in [-0.39, 0.29) is 5.82 Å². The number of hydrogen-bond donors (Lipinski definition) is 3. The van der Waals surface area contributed by atoms with E-state index in [0.717, 1.165) is 0 Å². The third-order valence-electron chi connectivity index (χ3n) is 1.88. The maximum absolute atomic E-state index is 12.9. The van der Waals surface area contributed by atoms with Gasteiger partial charge in [-0.25, -0.2) is 15.2 Å². The van der Waals surface area contributed by atoms with Crippen molar-refractivity contribution in [3.63, 3.8) is 0 Å². The summed E-state index contributed by atoms with van der Waals surface area (Å²) in [6.45, 7) is 0. The van der Waals surface area contributed by atoms with Gasteiger partial charge in [0.15, 0.2) is 0 Å². The van der Waals surface area contributed by atoms with E-state index in [4.69, 9.17) is 5.84 Å². The topological polar surface area (TPSA) is 75.9 Å². The van der Waals surface area contributed by atoms with Crippen LogP contribution in [0.3, 0.4) is 0 Å². The second-order valence-corrected chi connectivity index (χ2v) is 3.05. The Morgan fingerprint density at radius 3 is 2.88 bits per heavy atom. The molecule has 1 aromatic heterocycles. The third kappa shape index (κ3) is 2.43. The van der Waals surface area contributed by atoms with Gasteiger partial charge in [-0.2, -0.15) is 4.98 Å². The standard InChI is InChI=1S/C10H10FN5/c11-7-2-1-3-8(6-7)14-10-13-5-4-9(15-10)16-12/h1-6H,12H2,(H2,13,14,15,16). The van der Waals surface area contributed by atoms with Crippen LogP contribution in [0.15, 0.2) is 36.5 Å². The lowest BCUT2D eigenvalue weighted by molar-refractivity contribution is 0.628. The number of anilines is 3. The number of nitrogens with one attached hydrogen (secondary N) is 2. The Bertz CT molecular complexity index is 488. The van der Waals surface area contributed by atoms with E-state index in [9.17, 15) is 4.39 Å². The first-order chi connectivity index (χ1) is 7.78. The summed E-state index contributed by atoms with van der Waals surface area (Å²) in [6.07, 6.45) is 1.55. The monoisotopic (exact) mass is 219 g/mol. The summed E-state index contributed by atoms with van der Waals surface area (Å²) in [5.74, 6) is 5.72. The molecule has 0 radical (unpaired) electrons. The van der Waals surface area contributed by atoms with Crippen molar-refractivity contribution in [2.24, 2.45) is 5.84 Å². The molecule has 82 valence electrons. The van der Waals surface area contributed by atoms with Crippen molar-refractivity contribution in [2.75, 3.05) is 10.7 Å². The van der Waals surface area contributed by atoms with Crippen LogP contribution in [0.4, 0.5) is 21.8 Å². The van der Waals surface area contributed by atoms with Crippen LogP contribution in [0, 0.1) is 5.82 Å². The zero-order valence-electron chi connectivity index (χ0n) is 8.31. The minimum atomic E-state index is -0.321. The average Bonchev–Trinajstić information content (AvgIpc) is 2.29. The largest absolute Gasteiger partial charge is 0.324 e. The fraction of sp³-hybridized carbons (Fsp3) is 0. The Morgan fingerprint density at radius 1 is 1.25 bits per heavy atom. The molecule has 1 aromatic carbocycles. The molecule has 0 spiro atoms. The number of nitrogens with two attached hydrogens (primary N) is 1. The van der Waals surface area contributed by atoms with E-state index in [1.54, 1.807) is 24.4 Å². The molecule has 0 saturated carbocycles. The second kappa shape index (κ2) is 4.54. The van der Waals surface area contributed by atoms with Gasteiger partial charge in [0, 0.05) is 18.0 Å². The number of rotatable bonds is 3. The van der Waals surface area contributed by atoms with E-state index < -0.39 is 0 Å². The Labute approximate surface area is 91.5 Å². The summed E-state index contributed by atoms with van der Waals surface area (Å²) in [6, 6.07) is 7.66. The summed E-state index contributed by atoms with van der Waals surface area (Å²) in [5, 5.41) is 2.86. The summed E-state index contributed by atoms with van der Waals surface area (Å²) in [7, 11) is 0. The molecule has 0 aliphatic heterocycles. The highest BCUT2D eigenvalue weighted by atomic mass is 19.1. The molecular weight excluding hydrogens is 209 g/mol. The lowest BCUT2D eigenvalue weighted by Gasteiger charge is -2.05. The molecule has 0 aliphatic rings. The number of halogens is 1. The van der Waals surface area contributed by atoms with Crippen molar-refractivity contribution in [3.05, 3.63) is 42.3 Å². The minimum absolute atomic E-state index is 0.321. The van der Waals surface area contributed by atoms with Gasteiger partial charge in [-0.3, -0.25) is 0 Å². The molecule has 4 N–H and O–H groups in total. The molecule has 5 nitrogen and oxygen atoms in total. The number of aromatic nitrogens is 2. The highest BCUT2D eigenvalue weighted by Crippen LogP contribution is 2.14. The van der Waals surface area contributed by atoms with Crippen molar-refractivity contribution in [3.8, 4) is 0 Å². The van der Waals surface area contributed by atoms with Crippen molar-refractivity contribution < 1.29 is 4.39 Å². The Kier molecular flexibility index (Phi) is 2.93. The van der Waals surface area contributed by atoms with Crippen LogP contribution in [-0.4, -0.2) is 9.97 Å². The molecule has 6 heteroatoms. The van der Waals surface area contributed by atoms with Crippen LogP contribution < -0.4 is 16.6 Å². The number of hydrazine groups is 1. The second-order valence-electron chi connectivity index (χ2n) is 3.05. The molecule has 0 amide bonds. The van der Waals surface area contributed by atoms with Crippen molar-refractivity contribution in [1.82, 2.24) is 9.97 Å². The van der Waals surface area contributed by atoms with Crippen LogP contribution >= 0.6 is 0 Å². The summed E-state index contributed by atoms with van der Waals surface area (Å²) in [4.78, 5) is 8.01. The molecule has 16 heavy (non-hydrogen) atoms. The average molecular weight is 219 g/mol. The Balaban J connectivity index is 2.20. The summed E-state index contributed by atoms with van der Waals surface area (Å²) >= 11 is 0. The van der Waals surface area contributed by atoms with Gasteiger partial charge in [-0.15, -0.1) is 0 Å². The summed E-state index contributed by atoms with van der Waals surface area (Å²) in [5.41, 5.74) is 2.98. The van der Waals surface area contributed by atoms with Gasteiger partial charge in [-0.05, 0) is 18.2 Å². The lowest BCUT2D eigenvalue weighted by Crippen LogP contribution is -2.09. The normalized spacial score (nSPS) is 9.88. The van der Waals surface area contributed by atoms with Crippen LogP contribution in [0.2, 0.25) is 0 Å². The molecule has 0 saturated heterocycles. The first-order valence-electron chi connectivity index (χ1n) is 4.60.